The molecule has 2 aromatic carbocycles. The molecule has 1 unspecified atom stereocenters. The third kappa shape index (κ3) is 5.71. The van der Waals surface area contributed by atoms with Crippen LogP contribution in [0.3, 0.4) is 0 Å². The summed E-state index contributed by atoms with van der Waals surface area (Å²) >= 11 is 6.03. The van der Waals surface area contributed by atoms with Crippen molar-refractivity contribution in [2.75, 3.05) is 26.0 Å². The zero-order chi connectivity index (χ0) is 22.5. The Balaban J connectivity index is 2.10. The Bertz CT molecular complexity index is 1020. The number of carbonyl (C=O) groups excluding carboxylic acids is 2. The molecule has 0 aliphatic heterocycles. The molecule has 2 rings (SSSR count). The van der Waals surface area contributed by atoms with Crippen LogP contribution in [-0.4, -0.2) is 51.4 Å². The lowest BCUT2D eigenvalue weighted by Gasteiger charge is -2.16. The largest absolute Gasteiger partial charge is 0.494 e. The fourth-order valence-corrected chi connectivity index (χ4v) is 3.48. The SMILES string of the molecule is CCOc1ccc(NC(=O)C(C)OC(=O)c2cc(S(=O)(=O)N(C)C)ccc2Cl)cc1. The molecule has 0 saturated heterocycles. The number of ether oxygens (including phenoxy) is 2. The summed E-state index contributed by atoms with van der Waals surface area (Å²) in [6.45, 7) is 3.79. The van der Waals surface area contributed by atoms with Crippen molar-refractivity contribution in [3.05, 3.63) is 53.1 Å². The highest BCUT2D eigenvalue weighted by molar-refractivity contribution is 7.89. The van der Waals surface area contributed by atoms with Crippen LogP contribution >= 0.6 is 11.6 Å². The Morgan fingerprint density at radius 3 is 2.33 bits per heavy atom. The molecule has 0 saturated carbocycles. The van der Waals surface area contributed by atoms with Gasteiger partial charge in [-0.2, -0.15) is 0 Å². The van der Waals surface area contributed by atoms with Crippen LogP contribution in [0.5, 0.6) is 5.75 Å². The van der Waals surface area contributed by atoms with E-state index in [0.29, 0.717) is 18.0 Å². The van der Waals surface area contributed by atoms with E-state index in [1.807, 2.05) is 6.92 Å². The van der Waals surface area contributed by atoms with Gasteiger partial charge in [-0.3, -0.25) is 4.79 Å². The van der Waals surface area contributed by atoms with Crippen LogP contribution in [0.2, 0.25) is 5.02 Å². The van der Waals surface area contributed by atoms with Gasteiger partial charge in [-0.15, -0.1) is 0 Å². The number of anilines is 1. The molecular weight excluding hydrogens is 432 g/mol. The Morgan fingerprint density at radius 1 is 1.13 bits per heavy atom. The quantitative estimate of drug-likeness (QED) is 0.614. The number of halogens is 1. The van der Waals surface area contributed by atoms with Gasteiger partial charge >= 0.3 is 5.97 Å². The molecule has 0 aliphatic carbocycles. The summed E-state index contributed by atoms with van der Waals surface area (Å²) in [6, 6.07) is 10.4. The summed E-state index contributed by atoms with van der Waals surface area (Å²) in [5, 5.41) is 2.64. The van der Waals surface area contributed by atoms with E-state index in [4.69, 9.17) is 21.1 Å². The molecule has 1 atom stereocenters. The number of amides is 1. The maximum Gasteiger partial charge on any atom is 0.340 e. The van der Waals surface area contributed by atoms with Crippen LogP contribution < -0.4 is 10.1 Å². The van der Waals surface area contributed by atoms with Crippen molar-refractivity contribution in [2.45, 2.75) is 24.8 Å². The van der Waals surface area contributed by atoms with Crippen molar-refractivity contribution in [1.29, 1.82) is 0 Å². The molecule has 2 aromatic rings. The van der Waals surface area contributed by atoms with Gasteiger partial charge < -0.3 is 14.8 Å². The predicted octanol–water partition coefficient (Wildman–Crippen LogP) is 3.17. The van der Waals surface area contributed by atoms with Gasteiger partial charge in [-0.25, -0.2) is 17.5 Å². The first-order chi connectivity index (χ1) is 14.1. The third-order valence-electron chi connectivity index (χ3n) is 4.02. The molecule has 0 aliphatic rings. The average molecular weight is 455 g/mol. The van der Waals surface area contributed by atoms with E-state index in [9.17, 15) is 18.0 Å². The van der Waals surface area contributed by atoms with E-state index in [-0.39, 0.29) is 15.5 Å². The van der Waals surface area contributed by atoms with Crippen LogP contribution in [0, 0.1) is 0 Å². The lowest BCUT2D eigenvalue weighted by molar-refractivity contribution is -0.123. The summed E-state index contributed by atoms with van der Waals surface area (Å²) in [7, 11) is -1.02. The van der Waals surface area contributed by atoms with Gasteiger partial charge in [-0.05, 0) is 56.3 Å². The van der Waals surface area contributed by atoms with Crippen LogP contribution in [0.1, 0.15) is 24.2 Å². The molecule has 30 heavy (non-hydrogen) atoms. The third-order valence-corrected chi connectivity index (χ3v) is 6.16. The normalized spacial score (nSPS) is 12.3. The second-order valence-electron chi connectivity index (χ2n) is 6.42. The highest BCUT2D eigenvalue weighted by Gasteiger charge is 2.24. The minimum absolute atomic E-state index is 0.0110. The minimum atomic E-state index is -3.77. The number of nitrogens with zero attached hydrogens (tertiary/aromatic N) is 1. The zero-order valence-electron chi connectivity index (χ0n) is 17.0. The molecule has 1 N–H and O–H groups in total. The molecular formula is C20H23ClN2O6S. The van der Waals surface area contributed by atoms with Crippen LogP contribution in [0.15, 0.2) is 47.4 Å². The van der Waals surface area contributed by atoms with E-state index in [1.54, 1.807) is 24.3 Å². The van der Waals surface area contributed by atoms with E-state index in [1.165, 1.54) is 33.2 Å². The molecule has 0 fully saturated rings. The second-order valence-corrected chi connectivity index (χ2v) is 8.98. The molecule has 0 heterocycles. The van der Waals surface area contributed by atoms with Gasteiger partial charge in [0.2, 0.25) is 10.0 Å². The molecule has 1 amide bonds. The molecule has 0 bridgehead atoms. The fourth-order valence-electron chi connectivity index (χ4n) is 2.35. The highest BCUT2D eigenvalue weighted by Crippen LogP contribution is 2.23. The fraction of sp³-hybridized carbons (Fsp3) is 0.300. The topological polar surface area (TPSA) is 102 Å². The lowest BCUT2D eigenvalue weighted by Crippen LogP contribution is -2.30. The van der Waals surface area contributed by atoms with Gasteiger partial charge in [0, 0.05) is 19.8 Å². The van der Waals surface area contributed by atoms with Gasteiger partial charge in [0.25, 0.3) is 5.91 Å². The maximum atomic E-state index is 12.5. The van der Waals surface area contributed by atoms with Crippen molar-refractivity contribution in [3.8, 4) is 5.75 Å². The molecule has 10 heteroatoms. The summed E-state index contributed by atoms with van der Waals surface area (Å²) in [5.41, 5.74) is 0.351. The van der Waals surface area contributed by atoms with Crippen LogP contribution in [0.25, 0.3) is 0 Å². The van der Waals surface area contributed by atoms with Gasteiger partial charge in [0.05, 0.1) is 22.1 Å². The van der Waals surface area contributed by atoms with Crippen molar-refractivity contribution in [3.63, 3.8) is 0 Å². The zero-order valence-corrected chi connectivity index (χ0v) is 18.6. The van der Waals surface area contributed by atoms with E-state index >= 15 is 0 Å². The summed E-state index contributed by atoms with van der Waals surface area (Å²) in [6.07, 6.45) is -1.14. The molecule has 0 aromatic heterocycles. The number of nitrogens with one attached hydrogen (secondary N) is 1. The summed E-state index contributed by atoms with van der Waals surface area (Å²) in [5.74, 6) is -0.803. The number of esters is 1. The Hall–Kier alpha value is -2.62. The average Bonchev–Trinajstić information content (AvgIpc) is 2.69. The monoisotopic (exact) mass is 454 g/mol. The Kier molecular flexibility index (Phi) is 7.83. The maximum absolute atomic E-state index is 12.5. The van der Waals surface area contributed by atoms with Crippen LogP contribution in [-0.2, 0) is 19.6 Å². The van der Waals surface area contributed by atoms with Gasteiger partial charge in [-0.1, -0.05) is 11.6 Å². The molecule has 0 radical (unpaired) electrons. The predicted molar refractivity (Wildman–Crippen MR) is 113 cm³/mol. The first-order valence-corrected chi connectivity index (χ1v) is 10.8. The molecule has 0 spiro atoms. The number of carbonyl (C=O) groups is 2. The van der Waals surface area contributed by atoms with E-state index in [2.05, 4.69) is 5.32 Å². The first kappa shape index (κ1) is 23.7. The summed E-state index contributed by atoms with van der Waals surface area (Å²) < 4.78 is 36.1. The number of hydrogen-bond donors (Lipinski definition) is 1. The Morgan fingerprint density at radius 2 is 1.77 bits per heavy atom. The highest BCUT2D eigenvalue weighted by atomic mass is 35.5. The number of sulfonamides is 1. The lowest BCUT2D eigenvalue weighted by atomic mass is 10.2. The van der Waals surface area contributed by atoms with Gasteiger partial charge in [0.15, 0.2) is 6.10 Å². The van der Waals surface area contributed by atoms with Crippen LogP contribution in [0.4, 0.5) is 5.69 Å². The minimum Gasteiger partial charge on any atom is -0.494 e. The number of benzene rings is 2. The standard InChI is InChI=1S/C20H23ClN2O6S/c1-5-28-15-8-6-14(7-9-15)22-19(24)13(2)29-20(25)17-12-16(10-11-18(17)21)30(26,27)23(3)4/h6-13H,5H2,1-4H3,(H,22,24). The number of hydrogen-bond acceptors (Lipinski definition) is 6. The van der Waals surface area contributed by atoms with Crippen molar-refractivity contribution < 1.29 is 27.5 Å². The summed E-state index contributed by atoms with van der Waals surface area (Å²) in [4.78, 5) is 24.7. The number of rotatable bonds is 8. The van der Waals surface area contributed by atoms with Crippen molar-refractivity contribution >= 4 is 39.2 Å². The van der Waals surface area contributed by atoms with Gasteiger partial charge in [0.1, 0.15) is 5.75 Å². The first-order valence-electron chi connectivity index (χ1n) is 9.03. The van der Waals surface area contributed by atoms with Crippen molar-refractivity contribution in [1.82, 2.24) is 4.31 Å². The van der Waals surface area contributed by atoms with E-state index in [0.717, 1.165) is 10.4 Å². The molecule has 8 nitrogen and oxygen atoms in total. The van der Waals surface area contributed by atoms with Crippen molar-refractivity contribution in [2.24, 2.45) is 0 Å². The second kappa shape index (κ2) is 9.92. The Labute approximate surface area is 180 Å². The smallest absolute Gasteiger partial charge is 0.340 e. The molecule has 162 valence electrons. The van der Waals surface area contributed by atoms with E-state index < -0.39 is 28.0 Å².